The fourth-order valence-electron chi connectivity index (χ4n) is 2.23. The largest absolute Gasteiger partial charge is 0.506 e. The molecule has 16 heavy (non-hydrogen) atoms. The van der Waals surface area contributed by atoms with Gasteiger partial charge in [-0.2, -0.15) is 0 Å². The van der Waals surface area contributed by atoms with Crippen molar-refractivity contribution in [3.05, 3.63) is 27.7 Å². The van der Waals surface area contributed by atoms with Crippen LogP contribution in [0.2, 0.25) is 0 Å². The van der Waals surface area contributed by atoms with Crippen molar-refractivity contribution in [2.24, 2.45) is 0 Å². The summed E-state index contributed by atoms with van der Waals surface area (Å²) in [4.78, 5) is 0. The van der Waals surface area contributed by atoms with Gasteiger partial charge in [0.05, 0.1) is 4.47 Å². The predicted octanol–water partition coefficient (Wildman–Crippen LogP) is 3.15. The Balaban J connectivity index is 2.11. The number of hydrogen-bond acceptors (Lipinski definition) is 2. The fourth-order valence-corrected chi connectivity index (χ4v) is 2.62. The summed E-state index contributed by atoms with van der Waals surface area (Å²) in [5.41, 5.74) is 2.12. The second-order valence-electron chi connectivity index (χ2n) is 4.56. The summed E-state index contributed by atoms with van der Waals surface area (Å²) in [6, 6.07) is 4.61. The molecule has 2 N–H and O–H groups in total. The van der Waals surface area contributed by atoms with Crippen molar-refractivity contribution in [1.29, 1.82) is 0 Å². The van der Waals surface area contributed by atoms with Gasteiger partial charge in [0.15, 0.2) is 0 Å². The van der Waals surface area contributed by atoms with Gasteiger partial charge in [-0.1, -0.05) is 18.6 Å². The minimum atomic E-state index is 0.410. The second kappa shape index (κ2) is 5.19. The molecule has 0 aromatic heterocycles. The molecule has 1 saturated heterocycles. The summed E-state index contributed by atoms with van der Waals surface area (Å²) in [5, 5.41) is 13.5. The minimum Gasteiger partial charge on any atom is -0.506 e. The number of nitrogens with one attached hydrogen (secondary N) is 1. The number of phenolic OH excluding ortho intramolecular Hbond substituents is 1. The zero-order chi connectivity index (χ0) is 11.5. The van der Waals surface area contributed by atoms with Crippen LogP contribution in [0.5, 0.6) is 5.75 Å². The lowest BCUT2D eigenvalue weighted by atomic mass is 9.97. The van der Waals surface area contributed by atoms with E-state index in [0.29, 0.717) is 11.8 Å². The van der Waals surface area contributed by atoms with Crippen LogP contribution in [0.3, 0.4) is 0 Å². The van der Waals surface area contributed by atoms with Gasteiger partial charge in [-0.25, -0.2) is 0 Å². The van der Waals surface area contributed by atoms with Crippen LogP contribution >= 0.6 is 15.9 Å². The van der Waals surface area contributed by atoms with Crippen LogP contribution in [0.1, 0.15) is 30.4 Å². The van der Waals surface area contributed by atoms with Crippen molar-refractivity contribution in [2.45, 2.75) is 38.6 Å². The summed E-state index contributed by atoms with van der Waals surface area (Å²) in [5.74, 6) is 0.410. The van der Waals surface area contributed by atoms with Crippen molar-refractivity contribution in [1.82, 2.24) is 5.32 Å². The van der Waals surface area contributed by atoms with E-state index in [4.69, 9.17) is 0 Å². The lowest BCUT2D eigenvalue weighted by molar-refractivity contribution is 0.391. The highest BCUT2D eigenvalue weighted by Crippen LogP contribution is 2.32. The molecule has 2 nitrogen and oxygen atoms in total. The minimum absolute atomic E-state index is 0.410. The van der Waals surface area contributed by atoms with Crippen molar-refractivity contribution in [2.75, 3.05) is 6.54 Å². The number of aromatic hydroxyl groups is 1. The monoisotopic (exact) mass is 283 g/mol. The molecule has 0 bridgehead atoms. The van der Waals surface area contributed by atoms with Gasteiger partial charge in [0.25, 0.3) is 0 Å². The Kier molecular flexibility index (Phi) is 3.87. The Morgan fingerprint density at radius 1 is 1.44 bits per heavy atom. The Labute approximate surface area is 105 Å². The molecule has 2 rings (SSSR count). The topological polar surface area (TPSA) is 32.3 Å². The van der Waals surface area contributed by atoms with Gasteiger partial charge in [-0.3, -0.25) is 0 Å². The quantitative estimate of drug-likeness (QED) is 0.874. The predicted molar refractivity (Wildman–Crippen MR) is 69.9 cm³/mol. The van der Waals surface area contributed by atoms with Crippen LogP contribution in [0.15, 0.2) is 16.6 Å². The highest BCUT2D eigenvalue weighted by Gasteiger charge is 2.16. The van der Waals surface area contributed by atoms with Crippen LogP contribution < -0.4 is 5.32 Å². The molecule has 1 unspecified atom stereocenters. The number of piperidine rings is 1. The maximum absolute atomic E-state index is 10.0. The van der Waals surface area contributed by atoms with Crippen molar-refractivity contribution >= 4 is 15.9 Å². The standard InChI is InChI=1S/C13H18BrNO/c1-9-5-6-10(13(16)12(9)14)8-11-4-2-3-7-15-11/h5-6,11,15-16H,2-4,7-8H2,1H3. The Morgan fingerprint density at radius 3 is 2.94 bits per heavy atom. The summed E-state index contributed by atoms with van der Waals surface area (Å²) in [6.45, 7) is 3.10. The molecule has 1 atom stereocenters. The molecular weight excluding hydrogens is 266 g/mol. The molecular formula is C13H18BrNO. The molecule has 0 saturated carbocycles. The number of phenols is 1. The first-order valence-electron chi connectivity index (χ1n) is 5.89. The highest BCUT2D eigenvalue weighted by atomic mass is 79.9. The molecule has 0 amide bonds. The van der Waals surface area contributed by atoms with E-state index in [0.717, 1.165) is 28.6 Å². The van der Waals surface area contributed by atoms with Crippen LogP contribution in [0, 0.1) is 6.92 Å². The summed E-state index contributed by atoms with van der Waals surface area (Å²) in [7, 11) is 0. The van der Waals surface area contributed by atoms with Crippen molar-refractivity contribution < 1.29 is 5.11 Å². The Morgan fingerprint density at radius 2 is 2.25 bits per heavy atom. The molecule has 1 heterocycles. The van der Waals surface area contributed by atoms with Gasteiger partial charge in [-0.05, 0) is 59.8 Å². The van der Waals surface area contributed by atoms with E-state index >= 15 is 0 Å². The van der Waals surface area contributed by atoms with Crippen LogP contribution in [0.4, 0.5) is 0 Å². The maximum Gasteiger partial charge on any atom is 0.133 e. The third-order valence-corrected chi connectivity index (χ3v) is 4.27. The molecule has 0 radical (unpaired) electrons. The van der Waals surface area contributed by atoms with Gasteiger partial charge >= 0.3 is 0 Å². The number of benzene rings is 1. The van der Waals surface area contributed by atoms with Crippen molar-refractivity contribution in [3.63, 3.8) is 0 Å². The summed E-state index contributed by atoms with van der Waals surface area (Å²) in [6.07, 6.45) is 4.71. The van der Waals surface area contributed by atoms with Crippen LogP contribution in [-0.2, 0) is 6.42 Å². The first-order chi connectivity index (χ1) is 7.68. The van der Waals surface area contributed by atoms with E-state index in [1.165, 1.54) is 19.3 Å². The third-order valence-electron chi connectivity index (χ3n) is 3.27. The number of hydrogen-bond donors (Lipinski definition) is 2. The zero-order valence-corrected chi connectivity index (χ0v) is 11.2. The first-order valence-corrected chi connectivity index (χ1v) is 6.68. The van der Waals surface area contributed by atoms with Gasteiger partial charge < -0.3 is 10.4 Å². The molecule has 1 aliphatic rings. The van der Waals surface area contributed by atoms with E-state index < -0.39 is 0 Å². The van der Waals surface area contributed by atoms with E-state index in [2.05, 4.69) is 27.3 Å². The average Bonchev–Trinajstić information content (AvgIpc) is 2.31. The third kappa shape index (κ3) is 2.58. The van der Waals surface area contributed by atoms with Gasteiger partial charge in [0.2, 0.25) is 0 Å². The number of rotatable bonds is 2. The average molecular weight is 284 g/mol. The maximum atomic E-state index is 10.0. The zero-order valence-electron chi connectivity index (χ0n) is 9.59. The molecule has 88 valence electrons. The van der Waals surface area contributed by atoms with Crippen LogP contribution in [0.25, 0.3) is 0 Å². The van der Waals surface area contributed by atoms with E-state index in [-0.39, 0.29) is 0 Å². The lowest BCUT2D eigenvalue weighted by Crippen LogP contribution is -2.35. The van der Waals surface area contributed by atoms with Gasteiger partial charge in [-0.15, -0.1) is 0 Å². The molecule has 1 aromatic rings. The Hall–Kier alpha value is -0.540. The van der Waals surface area contributed by atoms with E-state index in [1.807, 2.05) is 13.0 Å². The number of halogens is 1. The normalized spacial score (nSPS) is 21.0. The summed E-state index contributed by atoms with van der Waals surface area (Å²) < 4.78 is 0.834. The molecule has 3 heteroatoms. The summed E-state index contributed by atoms with van der Waals surface area (Å²) >= 11 is 3.42. The molecule has 1 aliphatic heterocycles. The van der Waals surface area contributed by atoms with E-state index in [9.17, 15) is 5.11 Å². The van der Waals surface area contributed by atoms with Gasteiger partial charge in [0.1, 0.15) is 5.75 Å². The second-order valence-corrected chi connectivity index (χ2v) is 5.35. The fraction of sp³-hybridized carbons (Fsp3) is 0.538. The molecule has 1 aromatic carbocycles. The van der Waals surface area contributed by atoms with Crippen LogP contribution in [-0.4, -0.2) is 17.7 Å². The van der Waals surface area contributed by atoms with Gasteiger partial charge in [0, 0.05) is 6.04 Å². The molecule has 1 fully saturated rings. The number of aryl methyl sites for hydroxylation is 1. The lowest BCUT2D eigenvalue weighted by Gasteiger charge is -2.24. The highest BCUT2D eigenvalue weighted by molar-refractivity contribution is 9.10. The van der Waals surface area contributed by atoms with Crippen molar-refractivity contribution in [3.8, 4) is 5.75 Å². The molecule has 0 spiro atoms. The first kappa shape index (κ1) is 11.9. The van der Waals surface area contributed by atoms with E-state index in [1.54, 1.807) is 0 Å². The molecule has 0 aliphatic carbocycles. The SMILES string of the molecule is Cc1ccc(CC2CCCCN2)c(O)c1Br. The Bertz CT molecular complexity index is 372. The smallest absolute Gasteiger partial charge is 0.133 e.